The quantitative estimate of drug-likeness (QED) is 0.931. The summed E-state index contributed by atoms with van der Waals surface area (Å²) in [6.07, 6.45) is 0.777. The zero-order valence-electron chi connectivity index (χ0n) is 13.5. The lowest BCUT2D eigenvalue weighted by Crippen LogP contribution is -2.60. The highest BCUT2D eigenvalue weighted by Crippen LogP contribution is 2.26. The number of nitrogens with one attached hydrogen (secondary N) is 1. The molecule has 2 aliphatic rings. The van der Waals surface area contributed by atoms with E-state index in [1.54, 1.807) is 4.90 Å². The summed E-state index contributed by atoms with van der Waals surface area (Å²) in [6.45, 7) is 8.69. The van der Waals surface area contributed by atoms with Gasteiger partial charge in [0.2, 0.25) is 0 Å². The summed E-state index contributed by atoms with van der Waals surface area (Å²) in [6, 6.07) is 6.70. The fourth-order valence-electron chi connectivity index (χ4n) is 2.70. The van der Waals surface area contributed by atoms with Crippen molar-refractivity contribution in [3.05, 3.63) is 29.3 Å². The molecule has 120 valence electrons. The fraction of sp³-hybridized carbons (Fsp3) is 0.588. The molecular formula is C17H24N2O3. The largest absolute Gasteiger partial charge is 0.493 e. The molecule has 1 N–H and O–H groups in total. The molecule has 0 atom stereocenters. The number of nitrogens with zero attached hydrogens (tertiary/aromatic N) is 1. The van der Waals surface area contributed by atoms with Crippen LogP contribution in [-0.4, -0.2) is 42.3 Å². The van der Waals surface area contributed by atoms with Gasteiger partial charge >= 0.3 is 6.09 Å². The van der Waals surface area contributed by atoms with Gasteiger partial charge in [0.1, 0.15) is 11.4 Å². The maximum absolute atomic E-state index is 11.9. The second-order valence-corrected chi connectivity index (χ2v) is 7.00. The minimum atomic E-state index is -0.428. The van der Waals surface area contributed by atoms with Crippen LogP contribution in [0.3, 0.4) is 0 Å². The summed E-state index contributed by atoms with van der Waals surface area (Å²) >= 11 is 0. The van der Waals surface area contributed by atoms with Gasteiger partial charge in [0.15, 0.2) is 0 Å². The number of benzene rings is 1. The number of ether oxygens (including phenoxy) is 2. The van der Waals surface area contributed by atoms with Crippen LogP contribution < -0.4 is 10.1 Å². The van der Waals surface area contributed by atoms with Crippen molar-refractivity contribution < 1.29 is 14.3 Å². The van der Waals surface area contributed by atoms with Crippen LogP contribution in [0.4, 0.5) is 4.79 Å². The first kappa shape index (κ1) is 15.2. The van der Waals surface area contributed by atoms with Gasteiger partial charge in [-0.05, 0) is 38.0 Å². The van der Waals surface area contributed by atoms with E-state index in [-0.39, 0.29) is 6.09 Å². The van der Waals surface area contributed by atoms with Crippen molar-refractivity contribution in [2.24, 2.45) is 0 Å². The van der Waals surface area contributed by atoms with Gasteiger partial charge in [-0.25, -0.2) is 4.79 Å². The van der Waals surface area contributed by atoms with Crippen molar-refractivity contribution >= 4 is 6.09 Å². The average molecular weight is 304 g/mol. The minimum Gasteiger partial charge on any atom is -0.493 e. The molecule has 0 radical (unpaired) electrons. The second-order valence-electron chi connectivity index (χ2n) is 7.00. The van der Waals surface area contributed by atoms with Gasteiger partial charge in [-0.2, -0.15) is 0 Å². The van der Waals surface area contributed by atoms with Crippen LogP contribution in [0.15, 0.2) is 18.2 Å². The molecule has 0 aromatic heterocycles. The van der Waals surface area contributed by atoms with Gasteiger partial charge in [-0.15, -0.1) is 0 Å². The van der Waals surface area contributed by atoms with Crippen LogP contribution in [0.2, 0.25) is 0 Å². The number of amides is 1. The molecule has 2 aliphatic heterocycles. The Hall–Kier alpha value is -1.75. The maximum Gasteiger partial charge on any atom is 0.410 e. The molecule has 5 heteroatoms. The molecule has 1 amide bonds. The third kappa shape index (κ3) is 3.53. The molecule has 5 nitrogen and oxygen atoms in total. The highest BCUT2D eigenvalue weighted by atomic mass is 16.6. The smallest absolute Gasteiger partial charge is 0.410 e. The van der Waals surface area contributed by atoms with Crippen molar-refractivity contribution in [2.75, 3.05) is 19.7 Å². The molecule has 1 saturated heterocycles. The molecule has 3 rings (SSSR count). The summed E-state index contributed by atoms with van der Waals surface area (Å²) in [5.74, 6) is 1.02. The molecule has 22 heavy (non-hydrogen) atoms. The van der Waals surface area contributed by atoms with Crippen molar-refractivity contribution in [1.29, 1.82) is 0 Å². The fourth-order valence-corrected chi connectivity index (χ4v) is 2.70. The second kappa shape index (κ2) is 5.80. The van der Waals surface area contributed by atoms with Crippen LogP contribution >= 0.6 is 0 Å². The SMILES string of the molecule is CC(C)(C)OC(=O)N1CC(NCc2ccc3c(c2)CCO3)C1. The van der Waals surface area contributed by atoms with E-state index >= 15 is 0 Å². The van der Waals surface area contributed by atoms with E-state index in [4.69, 9.17) is 9.47 Å². The van der Waals surface area contributed by atoms with Gasteiger partial charge in [0.05, 0.1) is 6.61 Å². The van der Waals surface area contributed by atoms with E-state index < -0.39 is 5.60 Å². The summed E-state index contributed by atoms with van der Waals surface area (Å²) in [5, 5.41) is 3.48. The number of likely N-dealkylation sites (tertiary alicyclic amines) is 1. The molecule has 1 aromatic rings. The molecule has 1 fully saturated rings. The average Bonchev–Trinajstić information content (AvgIpc) is 2.81. The van der Waals surface area contributed by atoms with Gasteiger partial charge in [0.25, 0.3) is 0 Å². The summed E-state index contributed by atoms with van der Waals surface area (Å²) in [4.78, 5) is 13.6. The first-order valence-electron chi connectivity index (χ1n) is 7.87. The lowest BCUT2D eigenvalue weighted by Gasteiger charge is -2.40. The van der Waals surface area contributed by atoms with Crippen molar-refractivity contribution in [1.82, 2.24) is 10.2 Å². The highest BCUT2D eigenvalue weighted by Gasteiger charge is 2.33. The molecule has 0 saturated carbocycles. The predicted molar refractivity (Wildman–Crippen MR) is 84.1 cm³/mol. The maximum atomic E-state index is 11.9. The normalized spacial score (nSPS) is 17.7. The molecule has 2 heterocycles. The minimum absolute atomic E-state index is 0.222. The van der Waals surface area contributed by atoms with E-state index in [9.17, 15) is 4.79 Å². The van der Waals surface area contributed by atoms with E-state index in [2.05, 4.69) is 17.4 Å². The lowest BCUT2D eigenvalue weighted by atomic mass is 10.1. The summed E-state index contributed by atoms with van der Waals surface area (Å²) in [7, 11) is 0. The van der Waals surface area contributed by atoms with Crippen molar-refractivity contribution in [3.8, 4) is 5.75 Å². The first-order valence-corrected chi connectivity index (χ1v) is 7.87. The monoisotopic (exact) mass is 304 g/mol. The van der Waals surface area contributed by atoms with E-state index in [0.717, 1.165) is 25.3 Å². The molecule has 0 bridgehead atoms. The van der Waals surface area contributed by atoms with Crippen molar-refractivity contribution in [3.63, 3.8) is 0 Å². The lowest BCUT2D eigenvalue weighted by molar-refractivity contribution is 0.00519. The van der Waals surface area contributed by atoms with Gasteiger partial charge in [0, 0.05) is 32.1 Å². The number of carbonyl (C=O) groups excluding carboxylic acids is 1. The molecule has 0 unspecified atom stereocenters. The Bertz CT molecular complexity index is 560. The van der Waals surface area contributed by atoms with Crippen LogP contribution in [0.25, 0.3) is 0 Å². The Kier molecular flexibility index (Phi) is 4.00. The topological polar surface area (TPSA) is 50.8 Å². The summed E-state index contributed by atoms with van der Waals surface area (Å²) in [5.41, 5.74) is 2.13. The highest BCUT2D eigenvalue weighted by molar-refractivity contribution is 5.69. The van der Waals surface area contributed by atoms with Crippen LogP contribution in [0.5, 0.6) is 5.75 Å². The van der Waals surface area contributed by atoms with Gasteiger partial charge < -0.3 is 19.7 Å². The van der Waals surface area contributed by atoms with Crippen LogP contribution in [-0.2, 0) is 17.7 Å². The number of fused-ring (bicyclic) bond motifs is 1. The third-order valence-corrected chi connectivity index (χ3v) is 3.88. The third-order valence-electron chi connectivity index (χ3n) is 3.88. The number of rotatable bonds is 3. The Balaban J connectivity index is 1.42. The molecule has 1 aromatic carbocycles. The predicted octanol–water partition coefficient (Wildman–Crippen LogP) is 2.33. The van der Waals surface area contributed by atoms with Gasteiger partial charge in [-0.1, -0.05) is 12.1 Å². The number of hydrogen-bond acceptors (Lipinski definition) is 4. The number of hydrogen-bond donors (Lipinski definition) is 1. The Morgan fingerprint density at radius 2 is 2.18 bits per heavy atom. The van der Waals surface area contributed by atoms with E-state index in [1.807, 2.05) is 26.8 Å². The van der Waals surface area contributed by atoms with Crippen molar-refractivity contribution in [2.45, 2.75) is 45.4 Å². The zero-order valence-corrected chi connectivity index (χ0v) is 13.5. The summed E-state index contributed by atoms with van der Waals surface area (Å²) < 4.78 is 10.9. The Morgan fingerprint density at radius 3 is 2.91 bits per heavy atom. The molecule has 0 aliphatic carbocycles. The first-order chi connectivity index (χ1) is 10.4. The molecule has 0 spiro atoms. The Labute approximate surface area is 131 Å². The number of carbonyl (C=O) groups is 1. The van der Waals surface area contributed by atoms with Crippen LogP contribution in [0.1, 0.15) is 31.9 Å². The Morgan fingerprint density at radius 1 is 1.41 bits per heavy atom. The zero-order chi connectivity index (χ0) is 15.7. The molecular weight excluding hydrogens is 280 g/mol. The van der Waals surface area contributed by atoms with E-state index in [0.29, 0.717) is 19.1 Å². The van der Waals surface area contributed by atoms with Gasteiger partial charge in [-0.3, -0.25) is 0 Å². The standard InChI is InChI=1S/C17H24N2O3/c1-17(2,3)22-16(20)19-10-14(11-19)18-9-12-4-5-15-13(8-12)6-7-21-15/h4-5,8,14,18H,6-7,9-11H2,1-3H3. The van der Waals surface area contributed by atoms with Crippen LogP contribution in [0, 0.1) is 0 Å². The van der Waals surface area contributed by atoms with E-state index in [1.165, 1.54) is 11.1 Å².